The van der Waals surface area contributed by atoms with E-state index < -0.39 is 0 Å². The highest BCUT2D eigenvalue weighted by Crippen LogP contribution is 2.14. The molecule has 0 aliphatic carbocycles. The van der Waals surface area contributed by atoms with Crippen molar-refractivity contribution in [3.8, 4) is 0 Å². The topological polar surface area (TPSA) is 3.24 Å². The zero-order chi connectivity index (χ0) is 21.8. The van der Waals surface area contributed by atoms with E-state index in [4.69, 9.17) is 0 Å². The minimum Gasteiger partial charge on any atom is -0.291 e. The second-order valence-corrected chi connectivity index (χ2v) is 7.95. The Morgan fingerprint density at radius 3 is 0.844 bits per heavy atom. The molecule has 0 unspecified atom stereocenters. The lowest BCUT2D eigenvalue weighted by molar-refractivity contribution is 0.247. The maximum atomic E-state index is 2.49. The van der Waals surface area contributed by atoms with Crippen molar-refractivity contribution in [3.63, 3.8) is 0 Å². The van der Waals surface area contributed by atoms with E-state index in [9.17, 15) is 0 Å². The van der Waals surface area contributed by atoms with Crippen molar-refractivity contribution in [2.75, 3.05) is 0 Å². The Labute approximate surface area is 191 Å². The van der Waals surface area contributed by atoms with Crippen molar-refractivity contribution in [1.29, 1.82) is 0 Å². The van der Waals surface area contributed by atoms with Gasteiger partial charge in [0.15, 0.2) is 0 Å². The first-order valence-electron chi connectivity index (χ1n) is 11.1. The van der Waals surface area contributed by atoms with Crippen LogP contribution < -0.4 is 0 Å². The molecular weight excluding hydrogens is 386 g/mol. The van der Waals surface area contributed by atoms with Crippen LogP contribution >= 0.6 is 0 Å². The minimum atomic E-state index is 0.963. The van der Waals surface area contributed by atoms with Crippen LogP contribution in [-0.2, 0) is 19.6 Å². The number of rotatable bonds is 6. The molecule has 0 saturated carbocycles. The van der Waals surface area contributed by atoms with Gasteiger partial charge in [-0.15, -0.1) is 0 Å². The molecule has 0 amide bonds. The molecule has 158 valence electrons. The van der Waals surface area contributed by atoms with Gasteiger partial charge in [-0.05, 0) is 27.5 Å². The van der Waals surface area contributed by atoms with E-state index in [0.29, 0.717) is 0 Å². The van der Waals surface area contributed by atoms with Gasteiger partial charge in [0.1, 0.15) is 0 Å². The van der Waals surface area contributed by atoms with Crippen molar-refractivity contribution >= 4 is 10.8 Å². The van der Waals surface area contributed by atoms with Crippen molar-refractivity contribution < 1.29 is 0 Å². The Hall–Kier alpha value is -3.68. The van der Waals surface area contributed by atoms with Gasteiger partial charge in [0.05, 0.1) is 0 Å². The van der Waals surface area contributed by atoms with Crippen molar-refractivity contribution in [2.24, 2.45) is 0 Å². The largest absolute Gasteiger partial charge is 0.291 e. The van der Waals surface area contributed by atoms with Crippen molar-refractivity contribution in [3.05, 3.63) is 156 Å². The third kappa shape index (κ3) is 6.66. The average molecular weight is 416 g/mol. The molecule has 0 aliphatic heterocycles. The van der Waals surface area contributed by atoms with E-state index in [2.05, 4.69) is 144 Å². The highest BCUT2D eigenvalue weighted by atomic mass is 15.1. The first-order chi connectivity index (χ1) is 15.9. The summed E-state index contributed by atoms with van der Waals surface area (Å²) < 4.78 is 0. The van der Waals surface area contributed by atoms with Crippen LogP contribution in [0.15, 0.2) is 140 Å². The Kier molecular flexibility index (Phi) is 7.84. The van der Waals surface area contributed by atoms with Gasteiger partial charge in [0.25, 0.3) is 0 Å². The third-order valence-corrected chi connectivity index (χ3v) is 5.41. The van der Waals surface area contributed by atoms with Crippen LogP contribution in [0.4, 0.5) is 0 Å². The van der Waals surface area contributed by atoms with Crippen LogP contribution in [0.1, 0.15) is 16.7 Å². The molecule has 1 nitrogen and oxygen atoms in total. The molecule has 0 fully saturated rings. The van der Waals surface area contributed by atoms with Gasteiger partial charge in [-0.1, -0.05) is 140 Å². The van der Waals surface area contributed by atoms with E-state index in [-0.39, 0.29) is 0 Å². The number of fused-ring (bicyclic) bond motifs is 1. The summed E-state index contributed by atoms with van der Waals surface area (Å²) in [4.78, 5) is 2.49. The van der Waals surface area contributed by atoms with Crippen molar-refractivity contribution in [1.82, 2.24) is 4.90 Å². The fraction of sp³-hybridized carbons (Fsp3) is 0.0968. The molecule has 0 aromatic heterocycles. The quantitative estimate of drug-likeness (QED) is 0.274. The zero-order valence-corrected chi connectivity index (χ0v) is 18.3. The molecule has 0 heterocycles. The molecule has 5 aromatic carbocycles. The first kappa shape index (κ1) is 21.5. The van der Waals surface area contributed by atoms with Crippen molar-refractivity contribution in [2.45, 2.75) is 19.6 Å². The molecule has 0 saturated heterocycles. The summed E-state index contributed by atoms with van der Waals surface area (Å²) >= 11 is 0. The maximum Gasteiger partial charge on any atom is 0.0240 e. The molecule has 0 bridgehead atoms. The SMILES string of the molecule is c1ccc(CN(Cc2ccccc2)Cc2ccccc2)cc1.c1ccc2ccccc2c1. The predicted octanol–water partition coefficient (Wildman–Crippen LogP) is 7.73. The van der Waals surface area contributed by atoms with Gasteiger partial charge < -0.3 is 0 Å². The number of hydrogen-bond donors (Lipinski definition) is 0. The molecule has 0 atom stereocenters. The molecule has 0 radical (unpaired) electrons. The number of hydrogen-bond acceptors (Lipinski definition) is 1. The third-order valence-electron chi connectivity index (χ3n) is 5.41. The predicted molar refractivity (Wildman–Crippen MR) is 136 cm³/mol. The lowest BCUT2D eigenvalue weighted by Gasteiger charge is -2.23. The van der Waals surface area contributed by atoms with Gasteiger partial charge in [0.2, 0.25) is 0 Å². The van der Waals surface area contributed by atoms with Crippen LogP contribution in [0.25, 0.3) is 10.8 Å². The molecule has 5 aromatic rings. The molecule has 0 aliphatic rings. The van der Waals surface area contributed by atoms with E-state index in [1.165, 1.54) is 27.5 Å². The highest BCUT2D eigenvalue weighted by Gasteiger charge is 2.08. The van der Waals surface area contributed by atoms with Crippen LogP contribution in [-0.4, -0.2) is 4.90 Å². The molecule has 0 spiro atoms. The Morgan fingerprint density at radius 2 is 0.562 bits per heavy atom. The average Bonchev–Trinajstić information content (AvgIpc) is 2.86. The Balaban J connectivity index is 0.000000203. The van der Waals surface area contributed by atoms with Gasteiger partial charge in [-0.2, -0.15) is 0 Å². The lowest BCUT2D eigenvalue weighted by Crippen LogP contribution is -2.22. The second-order valence-electron chi connectivity index (χ2n) is 7.95. The zero-order valence-electron chi connectivity index (χ0n) is 18.3. The summed E-state index contributed by atoms with van der Waals surface area (Å²) in [6.07, 6.45) is 0. The Bertz CT molecular complexity index is 1020. The van der Waals surface area contributed by atoms with E-state index in [0.717, 1.165) is 19.6 Å². The molecule has 0 N–H and O–H groups in total. The summed E-state index contributed by atoms with van der Waals surface area (Å²) in [6, 6.07) is 48.8. The second kappa shape index (κ2) is 11.6. The summed E-state index contributed by atoms with van der Waals surface area (Å²) in [5.74, 6) is 0. The maximum absolute atomic E-state index is 2.49. The summed E-state index contributed by atoms with van der Waals surface area (Å²) in [6.45, 7) is 2.89. The van der Waals surface area contributed by atoms with Crippen LogP contribution in [0.3, 0.4) is 0 Å². The fourth-order valence-electron chi connectivity index (χ4n) is 3.83. The molecular formula is C31H29N. The van der Waals surface area contributed by atoms with Crippen LogP contribution in [0, 0.1) is 0 Å². The molecule has 1 heteroatoms. The summed E-state index contributed by atoms with van der Waals surface area (Å²) in [7, 11) is 0. The summed E-state index contributed by atoms with van der Waals surface area (Å²) in [5.41, 5.74) is 4.07. The number of nitrogens with zero attached hydrogens (tertiary/aromatic N) is 1. The summed E-state index contributed by atoms with van der Waals surface area (Å²) in [5, 5.41) is 2.62. The van der Waals surface area contributed by atoms with Gasteiger partial charge in [0, 0.05) is 19.6 Å². The smallest absolute Gasteiger partial charge is 0.0240 e. The van der Waals surface area contributed by atoms with Crippen LogP contribution in [0.5, 0.6) is 0 Å². The van der Waals surface area contributed by atoms with Crippen LogP contribution in [0.2, 0.25) is 0 Å². The van der Waals surface area contributed by atoms with Gasteiger partial charge in [-0.3, -0.25) is 4.90 Å². The van der Waals surface area contributed by atoms with Gasteiger partial charge in [-0.25, -0.2) is 0 Å². The normalized spacial score (nSPS) is 10.5. The minimum absolute atomic E-state index is 0.963. The number of benzene rings is 5. The lowest BCUT2D eigenvalue weighted by atomic mass is 10.1. The van der Waals surface area contributed by atoms with E-state index >= 15 is 0 Å². The monoisotopic (exact) mass is 415 g/mol. The molecule has 5 rings (SSSR count). The first-order valence-corrected chi connectivity index (χ1v) is 11.1. The standard InChI is InChI=1S/C21H21N.C10H8/c1-4-10-19(11-5-1)16-22(17-20-12-6-2-7-13-20)18-21-14-8-3-9-15-21;1-2-6-10-8-4-3-7-9(10)5-1/h1-15H,16-18H2;1-8H. The highest BCUT2D eigenvalue weighted by molar-refractivity contribution is 5.82. The van der Waals surface area contributed by atoms with Gasteiger partial charge >= 0.3 is 0 Å². The van der Waals surface area contributed by atoms with E-state index in [1.807, 2.05) is 0 Å². The van der Waals surface area contributed by atoms with E-state index in [1.54, 1.807) is 0 Å². The fourth-order valence-corrected chi connectivity index (χ4v) is 3.83. The molecule has 32 heavy (non-hydrogen) atoms. The Morgan fingerprint density at radius 1 is 0.312 bits per heavy atom.